The number of anilines is 1. The number of hydrogen-bond acceptors (Lipinski definition) is 3. The van der Waals surface area contributed by atoms with Crippen LogP contribution in [0.4, 0.5) is 5.69 Å². The lowest BCUT2D eigenvalue weighted by Crippen LogP contribution is -2.30. The minimum absolute atomic E-state index is 0.540. The van der Waals surface area contributed by atoms with Gasteiger partial charge in [-0.25, -0.2) is 0 Å². The predicted octanol–water partition coefficient (Wildman–Crippen LogP) is 4.37. The molecule has 1 aromatic heterocycles. The van der Waals surface area contributed by atoms with Gasteiger partial charge in [-0.1, -0.05) is 11.6 Å². The molecule has 0 aliphatic rings. The maximum atomic E-state index is 6.09. The monoisotopic (exact) mass is 389 g/mol. The van der Waals surface area contributed by atoms with Crippen molar-refractivity contribution in [2.45, 2.75) is 6.42 Å². The molecule has 5 nitrogen and oxygen atoms in total. The third kappa shape index (κ3) is 4.39. The van der Waals surface area contributed by atoms with E-state index < -0.39 is 0 Å². The first-order valence-corrected chi connectivity index (χ1v) is 8.91. The number of methoxy groups -OCH3 is 2. The zero-order valence-corrected chi connectivity index (χ0v) is 16.1. The maximum Gasteiger partial charge on any atom is 0.170 e. The van der Waals surface area contributed by atoms with Crippen LogP contribution in [0.1, 0.15) is 5.56 Å². The number of benzene rings is 2. The van der Waals surface area contributed by atoms with Crippen LogP contribution >= 0.6 is 23.8 Å². The molecule has 3 N–H and O–H groups in total. The molecule has 0 aliphatic heterocycles. The van der Waals surface area contributed by atoms with Crippen molar-refractivity contribution >= 4 is 45.5 Å². The first kappa shape index (κ1) is 18.4. The number of nitrogens with one attached hydrogen (secondary N) is 3. The van der Waals surface area contributed by atoms with Gasteiger partial charge in [-0.15, -0.1) is 0 Å². The van der Waals surface area contributed by atoms with Crippen LogP contribution < -0.4 is 20.1 Å². The van der Waals surface area contributed by atoms with Crippen LogP contribution in [0, 0.1) is 0 Å². The highest BCUT2D eigenvalue weighted by Crippen LogP contribution is 2.26. The summed E-state index contributed by atoms with van der Waals surface area (Å²) in [7, 11) is 3.23. The van der Waals surface area contributed by atoms with Crippen LogP contribution in [-0.2, 0) is 6.42 Å². The van der Waals surface area contributed by atoms with E-state index in [-0.39, 0.29) is 0 Å². The number of aromatic nitrogens is 1. The van der Waals surface area contributed by atoms with E-state index in [1.54, 1.807) is 14.2 Å². The number of ether oxygens (including phenoxy) is 2. The van der Waals surface area contributed by atoms with Crippen LogP contribution in [-0.4, -0.2) is 30.9 Å². The van der Waals surface area contributed by atoms with Crippen molar-refractivity contribution in [3.8, 4) is 11.5 Å². The minimum atomic E-state index is 0.540. The van der Waals surface area contributed by atoms with E-state index in [9.17, 15) is 0 Å². The zero-order chi connectivity index (χ0) is 18.5. The summed E-state index contributed by atoms with van der Waals surface area (Å²) in [4.78, 5) is 3.26. The summed E-state index contributed by atoms with van der Waals surface area (Å²) in [5, 5.41) is 8.77. The Balaban J connectivity index is 1.58. The van der Waals surface area contributed by atoms with E-state index in [2.05, 4.69) is 15.6 Å². The fraction of sp³-hybridized carbons (Fsp3) is 0.211. The number of fused-ring (bicyclic) bond motifs is 1. The van der Waals surface area contributed by atoms with Crippen molar-refractivity contribution in [3.63, 3.8) is 0 Å². The molecule has 0 radical (unpaired) electrons. The van der Waals surface area contributed by atoms with E-state index in [4.69, 9.17) is 33.3 Å². The van der Waals surface area contributed by atoms with Gasteiger partial charge in [-0.2, -0.15) is 0 Å². The molecule has 2 aromatic carbocycles. The fourth-order valence-electron chi connectivity index (χ4n) is 2.72. The maximum absolute atomic E-state index is 6.09. The van der Waals surface area contributed by atoms with Gasteiger partial charge < -0.3 is 25.1 Å². The van der Waals surface area contributed by atoms with Gasteiger partial charge in [0.2, 0.25) is 0 Å². The van der Waals surface area contributed by atoms with E-state index in [1.165, 1.54) is 5.56 Å². The van der Waals surface area contributed by atoms with Crippen molar-refractivity contribution in [1.82, 2.24) is 10.3 Å². The molecule has 0 bridgehead atoms. The van der Waals surface area contributed by atoms with Gasteiger partial charge in [0.05, 0.1) is 14.2 Å². The molecule has 136 valence electrons. The predicted molar refractivity (Wildman–Crippen MR) is 111 cm³/mol. The van der Waals surface area contributed by atoms with Crippen LogP contribution in [0.2, 0.25) is 5.02 Å². The quantitative estimate of drug-likeness (QED) is 0.546. The zero-order valence-electron chi connectivity index (χ0n) is 14.6. The number of aromatic amines is 1. The van der Waals surface area contributed by atoms with Gasteiger partial charge in [0, 0.05) is 52.6 Å². The van der Waals surface area contributed by atoms with Crippen LogP contribution in [0.3, 0.4) is 0 Å². The highest BCUT2D eigenvalue weighted by molar-refractivity contribution is 7.80. The van der Waals surface area contributed by atoms with Gasteiger partial charge >= 0.3 is 0 Å². The Labute approximate surface area is 162 Å². The molecule has 0 saturated carbocycles. The second-order valence-corrected chi connectivity index (χ2v) is 6.58. The normalized spacial score (nSPS) is 10.6. The molecule has 26 heavy (non-hydrogen) atoms. The summed E-state index contributed by atoms with van der Waals surface area (Å²) in [5.41, 5.74) is 3.08. The number of H-pyrrole nitrogens is 1. The summed E-state index contributed by atoms with van der Waals surface area (Å²) in [6.07, 6.45) is 2.83. The molecule has 0 unspecified atom stereocenters. The van der Waals surface area contributed by atoms with E-state index >= 15 is 0 Å². The molecular weight excluding hydrogens is 370 g/mol. The first-order chi connectivity index (χ1) is 12.6. The van der Waals surface area contributed by atoms with Crippen molar-refractivity contribution in [2.75, 3.05) is 26.1 Å². The lowest BCUT2D eigenvalue weighted by Gasteiger charge is -2.12. The molecule has 3 rings (SSSR count). The summed E-state index contributed by atoms with van der Waals surface area (Å²) < 4.78 is 10.5. The lowest BCUT2D eigenvalue weighted by atomic mass is 10.1. The SMILES string of the molecule is COc1cc(NC(=S)NCCc2c[nH]c3ccc(Cl)cc23)cc(OC)c1. The molecule has 0 amide bonds. The fourth-order valence-corrected chi connectivity index (χ4v) is 3.12. The summed E-state index contributed by atoms with van der Waals surface area (Å²) in [5.74, 6) is 1.40. The molecule has 1 heterocycles. The van der Waals surface area contributed by atoms with Crippen LogP contribution in [0.25, 0.3) is 10.9 Å². The highest BCUT2D eigenvalue weighted by Gasteiger charge is 2.06. The molecule has 0 spiro atoms. The average molecular weight is 390 g/mol. The third-order valence-corrected chi connectivity index (χ3v) is 4.50. The highest BCUT2D eigenvalue weighted by atomic mass is 35.5. The van der Waals surface area contributed by atoms with E-state index in [0.29, 0.717) is 23.2 Å². The Morgan fingerprint density at radius 2 is 1.85 bits per heavy atom. The smallest absolute Gasteiger partial charge is 0.170 e. The Bertz CT molecular complexity index is 904. The topological polar surface area (TPSA) is 58.3 Å². The Hall–Kier alpha value is -2.44. The van der Waals surface area contributed by atoms with Gasteiger partial charge in [0.15, 0.2) is 5.11 Å². The van der Waals surface area contributed by atoms with Crippen molar-refractivity contribution < 1.29 is 9.47 Å². The Kier molecular flexibility index (Phi) is 5.85. The third-order valence-electron chi connectivity index (χ3n) is 4.02. The number of rotatable bonds is 6. The number of thiocarbonyl (C=S) groups is 1. The van der Waals surface area contributed by atoms with E-state index in [0.717, 1.165) is 28.0 Å². The first-order valence-electron chi connectivity index (χ1n) is 8.12. The molecule has 0 saturated heterocycles. The molecular formula is C19H20ClN3O2S. The van der Waals surface area contributed by atoms with Gasteiger partial charge in [0.25, 0.3) is 0 Å². The second-order valence-electron chi connectivity index (χ2n) is 5.74. The second kappa shape index (κ2) is 8.29. The molecule has 3 aromatic rings. The molecule has 0 fully saturated rings. The Morgan fingerprint density at radius 3 is 2.54 bits per heavy atom. The standard InChI is InChI=1S/C19H20ClN3O2S/c1-24-15-8-14(9-16(10-15)25-2)23-19(26)21-6-5-12-11-22-18-4-3-13(20)7-17(12)18/h3-4,7-11,22H,5-6H2,1-2H3,(H2,21,23,26). The molecule has 0 atom stereocenters. The van der Waals surface area contributed by atoms with Crippen molar-refractivity contribution in [3.05, 3.63) is 53.2 Å². The number of halogens is 1. The summed E-state index contributed by atoms with van der Waals surface area (Å²) in [6, 6.07) is 11.4. The van der Waals surface area contributed by atoms with Crippen molar-refractivity contribution in [1.29, 1.82) is 0 Å². The Morgan fingerprint density at radius 1 is 1.12 bits per heavy atom. The summed E-state index contributed by atoms with van der Waals surface area (Å²) in [6.45, 7) is 0.701. The van der Waals surface area contributed by atoms with Crippen LogP contribution in [0.5, 0.6) is 11.5 Å². The molecule has 7 heteroatoms. The number of hydrogen-bond donors (Lipinski definition) is 3. The van der Waals surface area contributed by atoms with Crippen molar-refractivity contribution in [2.24, 2.45) is 0 Å². The summed E-state index contributed by atoms with van der Waals surface area (Å²) >= 11 is 11.5. The van der Waals surface area contributed by atoms with Gasteiger partial charge in [-0.3, -0.25) is 0 Å². The minimum Gasteiger partial charge on any atom is -0.497 e. The van der Waals surface area contributed by atoms with Gasteiger partial charge in [-0.05, 0) is 42.4 Å². The average Bonchev–Trinajstić information content (AvgIpc) is 3.03. The van der Waals surface area contributed by atoms with E-state index in [1.807, 2.05) is 42.6 Å². The molecule has 0 aliphatic carbocycles. The van der Waals surface area contributed by atoms with Crippen LogP contribution in [0.15, 0.2) is 42.6 Å². The lowest BCUT2D eigenvalue weighted by molar-refractivity contribution is 0.395. The van der Waals surface area contributed by atoms with Gasteiger partial charge in [0.1, 0.15) is 11.5 Å². The largest absolute Gasteiger partial charge is 0.497 e.